The van der Waals surface area contributed by atoms with Gasteiger partial charge in [0, 0.05) is 6.08 Å². The number of aromatic amines is 1. The number of halogens is 3. The van der Waals surface area contributed by atoms with E-state index >= 15 is 0 Å². The van der Waals surface area contributed by atoms with Crippen molar-refractivity contribution in [1.82, 2.24) is 25.9 Å². The highest BCUT2D eigenvalue weighted by atomic mass is 19.4. The van der Waals surface area contributed by atoms with Crippen LogP contribution in [0.25, 0.3) is 11.4 Å². The molecule has 1 aliphatic heterocycles. The number of hydroxylamine groups is 1. The molecule has 3 heterocycles. The molecule has 2 N–H and O–H groups in total. The molecular weight excluding hydrogens is 379 g/mol. The molecule has 0 saturated carbocycles. The van der Waals surface area contributed by atoms with Crippen molar-refractivity contribution in [2.45, 2.75) is 12.5 Å². The van der Waals surface area contributed by atoms with Crippen LogP contribution >= 0.6 is 0 Å². The van der Waals surface area contributed by atoms with Crippen molar-refractivity contribution in [3.05, 3.63) is 66.3 Å². The van der Waals surface area contributed by atoms with Crippen LogP contribution in [-0.4, -0.2) is 26.8 Å². The molecule has 0 fully saturated rings. The molecule has 0 bridgehead atoms. The van der Waals surface area contributed by atoms with E-state index in [1.807, 2.05) is 0 Å². The molecular formula is C17H12F3N5O3. The van der Waals surface area contributed by atoms with E-state index in [2.05, 4.69) is 30.6 Å². The van der Waals surface area contributed by atoms with E-state index < -0.39 is 12.5 Å². The first-order chi connectivity index (χ1) is 13.5. The lowest BCUT2D eigenvalue weighted by molar-refractivity contribution is -0.274. The Bertz CT molecular complexity index is 957. The Kier molecular flexibility index (Phi) is 4.57. The minimum absolute atomic E-state index is 0.305. The number of hydrogen-bond acceptors (Lipinski definition) is 7. The monoisotopic (exact) mass is 391 g/mol. The van der Waals surface area contributed by atoms with E-state index in [0.29, 0.717) is 28.6 Å². The van der Waals surface area contributed by atoms with Gasteiger partial charge in [-0.05, 0) is 29.8 Å². The molecule has 0 radical (unpaired) electrons. The van der Waals surface area contributed by atoms with Crippen LogP contribution in [0.15, 0.2) is 60.8 Å². The normalized spacial score (nSPS) is 16.4. The number of hydrogen-bond donors (Lipinski definition) is 2. The number of alkyl halides is 3. The average Bonchev–Trinajstić information content (AvgIpc) is 3.34. The summed E-state index contributed by atoms with van der Waals surface area (Å²) in [4.78, 5) is 9.60. The molecule has 1 aromatic carbocycles. The molecule has 3 aromatic rings. The minimum Gasteiger partial charge on any atom is -0.438 e. The van der Waals surface area contributed by atoms with Crippen LogP contribution in [0.3, 0.4) is 0 Å². The Hall–Kier alpha value is -3.60. The molecule has 0 aliphatic carbocycles. The summed E-state index contributed by atoms with van der Waals surface area (Å²) in [5.74, 6) is 0.488. The molecule has 1 atom stereocenters. The Morgan fingerprint density at radius 3 is 2.39 bits per heavy atom. The van der Waals surface area contributed by atoms with E-state index in [-0.39, 0.29) is 5.75 Å². The summed E-state index contributed by atoms with van der Waals surface area (Å²) in [5.41, 5.74) is 4.48. The van der Waals surface area contributed by atoms with Gasteiger partial charge in [0.25, 0.3) is 0 Å². The van der Waals surface area contributed by atoms with Gasteiger partial charge in [0.1, 0.15) is 23.3 Å². The first kappa shape index (κ1) is 17.8. The van der Waals surface area contributed by atoms with Crippen LogP contribution in [-0.2, 0) is 4.84 Å². The number of nitrogens with zero attached hydrogens (tertiary/aromatic N) is 3. The predicted molar refractivity (Wildman–Crippen MR) is 88.4 cm³/mol. The van der Waals surface area contributed by atoms with Crippen LogP contribution in [0.5, 0.6) is 11.5 Å². The van der Waals surface area contributed by atoms with Crippen molar-refractivity contribution >= 4 is 0 Å². The number of ether oxygens (including phenoxy) is 2. The molecule has 11 heteroatoms. The molecule has 1 aliphatic rings. The number of benzene rings is 1. The van der Waals surface area contributed by atoms with Gasteiger partial charge in [0.15, 0.2) is 0 Å². The molecule has 0 amide bonds. The Morgan fingerprint density at radius 2 is 1.75 bits per heavy atom. The summed E-state index contributed by atoms with van der Waals surface area (Å²) in [6.45, 7) is 0. The van der Waals surface area contributed by atoms with Gasteiger partial charge in [-0.1, -0.05) is 12.1 Å². The van der Waals surface area contributed by atoms with Gasteiger partial charge in [0.2, 0.25) is 5.88 Å². The first-order valence-corrected chi connectivity index (χ1v) is 7.95. The third-order valence-electron chi connectivity index (χ3n) is 3.67. The van der Waals surface area contributed by atoms with E-state index in [9.17, 15) is 13.2 Å². The molecule has 8 nitrogen and oxygen atoms in total. The van der Waals surface area contributed by atoms with E-state index in [4.69, 9.17) is 9.57 Å². The van der Waals surface area contributed by atoms with Crippen LogP contribution in [0, 0.1) is 0 Å². The van der Waals surface area contributed by atoms with Gasteiger partial charge >= 0.3 is 6.36 Å². The number of aromatic nitrogens is 4. The summed E-state index contributed by atoms with van der Waals surface area (Å²) in [7, 11) is 0. The van der Waals surface area contributed by atoms with Gasteiger partial charge in [-0.2, -0.15) is 15.4 Å². The molecule has 2 aromatic heterocycles. The minimum atomic E-state index is -4.73. The fourth-order valence-corrected chi connectivity index (χ4v) is 2.45. The summed E-state index contributed by atoms with van der Waals surface area (Å²) in [6, 6.07) is 8.80. The van der Waals surface area contributed by atoms with Gasteiger partial charge in [-0.3, -0.25) is 9.82 Å². The van der Waals surface area contributed by atoms with Crippen molar-refractivity contribution in [1.29, 1.82) is 0 Å². The molecule has 28 heavy (non-hydrogen) atoms. The second-order valence-corrected chi connectivity index (χ2v) is 5.62. The zero-order valence-electron chi connectivity index (χ0n) is 14.0. The molecule has 0 saturated heterocycles. The predicted octanol–water partition coefficient (Wildman–Crippen LogP) is 3.26. The summed E-state index contributed by atoms with van der Waals surface area (Å²) < 4.78 is 46.1. The Morgan fingerprint density at radius 1 is 0.964 bits per heavy atom. The van der Waals surface area contributed by atoms with Gasteiger partial charge in [-0.15, -0.1) is 13.2 Å². The van der Waals surface area contributed by atoms with Gasteiger partial charge in [0.05, 0.1) is 18.1 Å². The summed E-state index contributed by atoms with van der Waals surface area (Å²) >= 11 is 0. The third kappa shape index (κ3) is 4.20. The van der Waals surface area contributed by atoms with Gasteiger partial charge < -0.3 is 9.47 Å². The summed E-state index contributed by atoms with van der Waals surface area (Å²) in [6.07, 6.45) is -0.551. The second-order valence-electron chi connectivity index (χ2n) is 5.62. The van der Waals surface area contributed by atoms with Crippen LogP contribution in [0.4, 0.5) is 13.2 Å². The highest BCUT2D eigenvalue weighted by molar-refractivity contribution is 5.52. The van der Waals surface area contributed by atoms with E-state index in [1.165, 1.54) is 30.5 Å². The highest BCUT2D eigenvalue weighted by Gasteiger charge is 2.31. The van der Waals surface area contributed by atoms with Crippen molar-refractivity contribution in [3.8, 4) is 22.9 Å². The molecule has 4 rings (SSSR count). The smallest absolute Gasteiger partial charge is 0.438 e. The summed E-state index contributed by atoms with van der Waals surface area (Å²) in [5, 5.41) is 10.2. The van der Waals surface area contributed by atoms with Crippen molar-refractivity contribution in [2.24, 2.45) is 0 Å². The highest BCUT2D eigenvalue weighted by Crippen LogP contribution is 2.29. The SMILES string of the molecule is FC(F)(F)Oc1ccc([C@H]2C=C(Oc3ccc(-c4cn[nH]n4)nc3)NO2)cc1. The lowest BCUT2D eigenvalue weighted by Gasteiger charge is -2.11. The van der Waals surface area contributed by atoms with E-state index in [1.54, 1.807) is 24.4 Å². The number of nitrogens with one attached hydrogen (secondary N) is 2. The maximum Gasteiger partial charge on any atom is 0.573 e. The second kappa shape index (κ2) is 7.19. The Labute approximate surface area is 155 Å². The van der Waals surface area contributed by atoms with Crippen molar-refractivity contribution < 1.29 is 27.5 Å². The number of H-pyrrole nitrogens is 1. The zero-order valence-corrected chi connectivity index (χ0v) is 14.0. The fraction of sp³-hybridized carbons (Fsp3) is 0.118. The maximum atomic E-state index is 12.2. The fourth-order valence-electron chi connectivity index (χ4n) is 2.45. The van der Waals surface area contributed by atoms with Gasteiger partial charge in [-0.25, -0.2) is 5.48 Å². The van der Waals surface area contributed by atoms with Crippen LogP contribution in [0.1, 0.15) is 11.7 Å². The quantitative estimate of drug-likeness (QED) is 0.689. The maximum absolute atomic E-state index is 12.2. The zero-order chi connectivity index (χ0) is 19.6. The Balaban J connectivity index is 1.40. The number of pyridine rings is 1. The van der Waals surface area contributed by atoms with Crippen LogP contribution < -0.4 is 15.0 Å². The average molecular weight is 391 g/mol. The molecule has 0 spiro atoms. The third-order valence-corrected chi connectivity index (χ3v) is 3.67. The molecule has 144 valence electrons. The van der Waals surface area contributed by atoms with Crippen molar-refractivity contribution in [2.75, 3.05) is 0 Å². The standard InChI is InChI=1S/C17H12F3N5O3/c18-17(19,20)27-11-3-1-10(2-4-11)15-7-16(24-28-15)26-12-5-6-13(21-8-12)14-9-22-25-23-14/h1-9,15,24H,(H,22,23,25)/t15-/m1/s1. The largest absolute Gasteiger partial charge is 0.573 e. The topological polar surface area (TPSA) is 94.2 Å². The van der Waals surface area contributed by atoms with E-state index in [0.717, 1.165) is 0 Å². The lowest BCUT2D eigenvalue weighted by Crippen LogP contribution is -2.17. The molecule has 0 unspecified atom stereocenters. The first-order valence-electron chi connectivity index (χ1n) is 7.95. The lowest BCUT2D eigenvalue weighted by atomic mass is 10.1. The van der Waals surface area contributed by atoms with Crippen molar-refractivity contribution in [3.63, 3.8) is 0 Å². The van der Waals surface area contributed by atoms with Crippen LogP contribution in [0.2, 0.25) is 0 Å². The number of rotatable bonds is 5.